The van der Waals surface area contributed by atoms with Gasteiger partial charge < -0.3 is 15.0 Å². The van der Waals surface area contributed by atoms with Gasteiger partial charge >= 0.3 is 0 Å². The highest BCUT2D eigenvalue weighted by Gasteiger charge is 2.06. The molecule has 112 valence electrons. The SMILES string of the molecule is CCN(C)c1ccnc(NCC(C)Oc2cccnc2)n1. The van der Waals surface area contributed by atoms with Crippen LogP contribution in [0.15, 0.2) is 36.8 Å². The zero-order chi connectivity index (χ0) is 15.1. The molecule has 0 aliphatic carbocycles. The van der Waals surface area contributed by atoms with Crippen molar-refractivity contribution in [1.82, 2.24) is 15.0 Å². The second-order valence-electron chi connectivity index (χ2n) is 4.75. The van der Waals surface area contributed by atoms with Crippen LogP contribution in [0.4, 0.5) is 11.8 Å². The standard InChI is InChI=1S/C15H21N5O/c1-4-20(3)14-7-9-17-15(19-14)18-10-12(2)21-13-6-5-8-16-11-13/h5-9,11-12H,4,10H2,1-3H3,(H,17,18,19). The van der Waals surface area contributed by atoms with E-state index >= 15 is 0 Å². The summed E-state index contributed by atoms with van der Waals surface area (Å²) in [5, 5.41) is 3.19. The summed E-state index contributed by atoms with van der Waals surface area (Å²) in [5.41, 5.74) is 0. The Labute approximate surface area is 125 Å². The Hall–Kier alpha value is -2.37. The molecule has 1 N–H and O–H groups in total. The first-order valence-electron chi connectivity index (χ1n) is 7.03. The maximum Gasteiger partial charge on any atom is 0.224 e. The third kappa shape index (κ3) is 4.59. The lowest BCUT2D eigenvalue weighted by Gasteiger charge is -2.17. The second-order valence-corrected chi connectivity index (χ2v) is 4.75. The third-order valence-corrected chi connectivity index (χ3v) is 3.03. The molecular weight excluding hydrogens is 266 g/mol. The number of hydrogen-bond donors (Lipinski definition) is 1. The second kappa shape index (κ2) is 7.42. The van der Waals surface area contributed by atoms with Crippen LogP contribution in [-0.4, -0.2) is 41.2 Å². The lowest BCUT2D eigenvalue weighted by molar-refractivity contribution is 0.233. The van der Waals surface area contributed by atoms with Gasteiger partial charge in [-0.05, 0) is 32.0 Å². The van der Waals surface area contributed by atoms with E-state index in [2.05, 4.69) is 32.1 Å². The van der Waals surface area contributed by atoms with Gasteiger partial charge in [-0.2, -0.15) is 4.98 Å². The third-order valence-electron chi connectivity index (χ3n) is 3.03. The van der Waals surface area contributed by atoms with E-state index in [1.165, 1.54) is 0 Å². The molecule has 0 radical (unpaired) electrons. The summed E-state index contributed by atoms with van der Waals surface area (Å²) < 4.78 is 5.74. The zero-order valence-electron chi connectivity index (χ0n) is 12.7. The van der Waals surface area contributed by atoms with Gasteiger partial charge in [0.05, 0.1) is 12.7 Å². The Bertz CT molecular complexity index is 549. The maximum atomic E-state index is 5.74. The highest BCUT2D eigenvalue weighted by Crippen LogP contribution is 2.11. The van der Waals surface area contributed by atoms with E-state index in [1.807, 2.05) is 32.2 Å². The van der Waals surface area contributed by atoms with E-state index < -0.39 is 0 Å². The van der Waals surface area contributed by atoms with Crippen molar-refractivity contribution >= 4 is 11.8 Å². The average molecular weight is 287 g/mol. The van der Waals surface area contributed by atoms with Gasteiger partial charge in [0, 0.05) is 26.0 Å². The lowest BCUT2D eigenvalue weighted by Crippen LogP contribution is -2.24. The highest BCUT2D eigenvalue weighted by atomic mass is 16.5. The summed E-state index contributed by atoms with van der Waals surface area (Å²) in [5.74, 6) is 2.26. The molecule has 0 fully saturated rings. The monoisotopic (exact) mass is 287 g/mol. The fourth-order valence-electron chi connectivity index (χ4n) is 1.73. The minimum absolute atomic E-state index is 0.00893. The average Bonchev–Trinajstić information content (AvgIpc) is 2.53. The highest BCUT2D eigenvalue weighted by molar-refractivity contribution is 5.41. The van der Waals surface area contributed by atoms with Gasteiger partial charge in [-0.1, -0.05) is 0 Å². The molecule has 6 nitrogen and oxygen atoms in total. The Balaban J connectivity index is 1.88. The minimum Gasteiger partial charge on any atom is -0.487 e. The molecule has 0 spiro atoms. The number of hydrogen-bond acceptors (Lipinski definition) is 6. The number of nitrogens with one attached hydrogen (secondary N) is 1. The van der Waals surface area contributed by atoms with Crippen molar-refractivity contribution in [2.24, 2.45) is 0 Å². The van der Waals surface area contributed by atoms with Crippen LogP contribution in [0, 0.1) is 0 Å². The van der Waals surface area contributed by atoms with Crippen molar-refractivity contribution < 1.29 is 4.74 Å². The molecule has 1 unspecified atom stereocenters. The predicted octanol–water partition coefficient (Wildman–Crippen LogP) is 2.21. The van der Waals surface area contributed by atoms with Gasteiger partial charge in [0.25, 0.3) is 0 Å². The Morgan fingerprint density at radius 3 is 2.90 bits per heavy atom. The lowest BCUT2D eigenvalue weighted by atomic mass is 10.4. The van der Waals surface area contributed by atoms with Crippen molar-refractivity contribution in [1.29, 1.82) is 0 Å². The summed E-state index contributed by atoms with van der Waals surface area (Å²) in [6.45, 7) is 5.59. The molecule has 0 aromatic carbocycles. The summed E-state index contributed by atoms with van der Waals surface area (Å²) >= 11 is 0. The largest absolute Gasteiger partial charge is 0.487 e. The van der Waals surface area contributed by atoms with E-state index in [1.54, 1.807) is 18.6 Å². The number of ether oxygens (including phenoxy) is 1. The molecule has 6 heteroatoms. The molecule has 0 amide bonds. The van der Waals surface area contributed by atoms with Crippen LogP contribution in [0.3, 0.4) is 0 Å². The van der Waals surface area contributed by atoms with Gasteiger partial charge in [0.2, 0.25) is 5.95 Å². The van der Waals surface area contributed by atoms with Crippen molar-refractivity contribution in [2.75, 3.05) is 30.4 Å². The van der Waals surface area contributed by atoms with Crippen LogP contribution in [0.25, 0.3) is 0 Å². The van der Waals surface area contributed by atoms with Gasteiger partial charge in [-0.15, -0.1) is 0 Å². The predicted molar refractivity (Wildman–Crippen MR) is 83.8 cm³/mol. The van der Waals surface area contributed by atoms with E-state index in [9.17, 15) is 0 Å². The van der Waals surface area contributed by atoms with E-state index in [4.69, 9.17) is 4.74 Å². The minimum atomic E-state index is -0.00893. The molecule has 1 atom stereocenters. The summed E-state index contributed by atoms with van der Waals surface area (Å²) in [7, 11) is 2.00. The van der Waals surface area contributed by atoms with Crippen LogP contribution < -0.4 is 15.0 Å². The van der Waals surface area contributed by atoms with Crippen LogP contribution in [0.1, 0.15) is 13.8 Å². The Morgan fingerprint density at radius 1 is 1.33 bits per heavy atom. The van der Waals surface area contributed by atoms with Crippen molar-refractivity contribution in [3.63, 3.8) is 0 Å². The molecule has 2 aromatic heterocycles. The van der Waals surface area contributed by atoms with E-state index in [0.717, 1.165) is 18.1 Å². The first-order chi connectivity index (χ1) is 10.2. The van der Waals surface area contributed by atoms with Gasteiger partial charge in [-0.3, -0.25) is 4.98 Å². The molecule has 21 heavy (non-hydrogen) atoms. The first-order valence-corrected chi connectivity index (χ1v) is 7.03. The van der Waals surface area contributed by atoms with Crippen LogP contribution in [0.5, 0.6) is 5.75 Å². The zero-order valence-corrected chi connectivity index (χ0v) is 12.7. The fraction of sp³-hybridized carbons (Fsp3) is 0.400. The number of aromatic nitrogens is 3. The Morgan fingerprint density at radius 2 is 2.19 bits per heavy atom. The van der Waals surface area contributed by atoms with Crippen molar-refractivity contribution in [3.8, 4) is 5.75 Å². The summed E-state index contributed by atoms with van der Waals surface area (Å²) in [4.78, 5) is 14.8. The molecular formula is C15H21N5O. The number of nitrogens with zero attached hydrogens (tertiary/aromatic N) is 4. The van der Waals surface area contributed by atoms with Crippen LogP contribution in [0.2, 0.25) is 0 Å². The van der Waals surface area contributed by atoms with Gasteiger partial charge in [0.1, 0.15) is 17.7 Å². The smallest absolute Gasteiger partial charge is 0.224 e. The molecule has 2 aromatic rings. The first kappa shape index (κ1) is 15.0. The summed E-state index contributed by atoms with van der Waals surface area (Å²) in [6, 6.07) is 5.63. The topological polar surface area (TPSA) is 63.2 Å². The summed E-state index contributed by atoms with van der Waals surface area (Å²) in [6.07, 6.45) is 5.16. The van der Waals surface area contributed by atoms with Crippen LogP contribution >= 0.6 is 0 Å². The fourth-order valence-corrected chi connectivity index (χ4v) is 1.73. The number of anilines is 2. The molecule has 0 bridgehead atoms. The quantitative estimate of drug-likeness (QED) is 0.842. The molecule has 2 rings (SSSR count). The molecule has 2 heterocycles. The molecule has 0 saturated heterocycles. The maximum absolute atomic E-state index is 5.74. The molecule has 0 aliphatic heterocycles. The van der Waals surface area contributed by atoms with Gasteiger partial charge in [-0.25, -0.2) is 4.98 Å². The van der Waals surface area contributed by atoms with E-state index in [0.29, 0.717) is 12.5 Å². The number of rotatable bonds is 7. The number of pyridine rings is 1. The molecule has 0 aliphatic rings. The normalized spacial score (nSPS) is 11.8. The van der Waals surface area contributed by atoms with E-state index in [-0.39, 0.29) is 6.10 Å². The van der Waals surface area contributed by atoms with Gasteiger partial charge in [0.15, 0.2) is 0 Å². The van der Waals surface area contributed by atoms with Crippen molar-refractivity contribution in [2.45, 2.75) is 20.0 Å². The van der Waals surface area contributed by atoms with Crippen molar-refractivity contribution in [3.05, 3.63) is 36.8 Å². The molecule has 0 saturated carbocycles. The Kier molecular flexibility index (Phi) is 5.31. The van der Waals surface area contributed by atoms with Crippen LogP contribution in [-0.2, 0) is 0 Å².